The van der Waals surface area contributed by atoms with E-state index in [0.29, 0.717) is 39.8 Å². The number of hydrogen-bond donors (Lipinski definition) is 4. The predicted molar refractivity (Wildman–Crippen MR) is 120 cm³/mol. The molecule has 0 unspecified atom stereocenters. The van der Waals surface area contributed by atoms with E-state index in [2.05, 4.69) is 25.9 Å². The number of ether oxygens (including phenoxy) is 1. The highest BCUT2D eigenvalue weighted by atomic mass is 16.5. The Bertz CT molecular complexity index is 1140. The number of nitrogens with zero attached hydrogens (tertiary/aromatic N) is 4. The van der Waals surface area contributed by atoms with Crippen LogP contribution in [0.15, 0.2) is 52.4 Å². The summed E-state index contributed by atoms with van der Waals surface area (Å²) >= 11 is 0. The molecule has 1 aromatic carbocycles. The summed E-state index contributed by atoms with van der Waals surface area (Å²) in [7, 11) is 3.11. The van der Waals surface area contributed by atoms with E-state index in [0.717, 1.165) is 18.0 Å². The highest BCUT2D eigenvalue weighted by Crippen LogP contribution is 2.36. The van der Waals surface area contributed by atoms with Crippen molar-refractivity contribution >= 4 is 28.9 Å². The molecular formula is C21H24N8O3. The number of hydrazone groups is 1. The Hall–Kier alpha value is -4.12. The summed E-state index contributed by atoms with van der Waals surface area (Å²) in [4.78, 5) is 16.6. The normalized spacial score (nSPS) is 13.5. The van der Waals surface area contributed by atoms with E-state index < -0.39 is 0 Å². The standard InChI is InChI=1S/C21H24N8O3/c1-29(23)27-20(22)13-4-3-5-16(19(13)31-2)25-17-10-18(26-21(30)12-6-7-12)24-11-14(17)15-8-9-32-28-15/h3-5,8-12H,6-7,23H2,1-2H3,(H2,22,27)(H2,24,25,26,30). The quantitative estimate of drug-likeness (QED) is 0.180. The summed E-state index contributed by atoms with van der Waals surface area (Å²) < 4.78 is 10.6. The monoisotopic (exact) mass is 436 g/mol. The summed E-state index contributed by atoms with van der Waals surface area (Å²) in [5.41, 5.74) is 9.19. The zero-order valence-corrected chi connectivity index (χ0v) is 17.7. The van der Waals surface area contributed by atoms with Crippen LogP contribution in [-0.4, -0.2) is 41.2 Å². The zero-order valence-electron chi connectivity index (χ0n) is 17.7. The Morgan fingerprint density at radius 3 is 2.78 bits per heavy atom. The van der Waals surface area contributed by atoms with E-state index in [1.807, 2.05) is 12.1 Å². The smallest absolute Gasteiger partial charge is 0.228 e. The Morgan fingerprint density at radius 1 is 1.31 bits per heavy atom. The fraction of sp³-hybridized carbons (Fsp3) is 0.238. The number of rotatable bonds is 8. The molecule has 0 radical (unpaired) electrons. The number of carbonyl (C=O) groups excluding carboxylic acids is 1. The van der Waals surface area contributed by atoms with E-state index >= 15 is 0 Å². The summed E-state index contributed by atoms with van der Waals surface area (Å²) in [6.07, 6.45) is 4.90. The van der Waals surface area contributed by atoms with Crippen molar-refractivity contribution in [3.05, 3.63) is 48.4 Å². The lowest BCUT2D eigenvalue weighted by Crippen LogP contribution is -2.26. The molecule has 4 rings (SSSR count). The number of amides is 1. The van der Waals surface area contributed by atoms with Crippen molar-refractivity contribution in [2.24, 2.45) is 22.6 Å². The molecule has 1 saturated carbocycles. The first-order valence-electron chi connectivity index (χ1n) is 9.95. The lowest BCUT2D eigenvalue weighted by molar-refractivity contribution is -0.117. The molecule has 2 aromatic heterocycles. The van der Waals surface area contributed by atoms with Gasteiger partial charge in [-0.1, -0.05) is 11.2 Å². The number of para-hydroxylation sites is 1. The van der Waals surface area contributed by atoms with Gasteiger partial charge in [0.15, 0.2) is 11.6 Å². The van der Waals surface area contributed by atoms with Crippen LogP contribution < -0.4 is 26.9 Å². The van der Waals surface area contributed by atoms with Gasteiger partial charge >= 0.3 is 0 Å². The molecular weight excluding hydrogens is 412 g/mol. The van der Waals surface area contributed by atoms with Crippen LogP contribution in [0.25, 0.3) is 11.3 Å². The number of methoxy groups -OCH3 is 1. The Labute approximate surface area is 184 Å². The molecule has 2 heterocycles. The van der Waals surface area contributed by atoms with Gasteiger partial charge in [-0.2, -0.15) is 0 Å². The second kappa shape index (κ2) is 8.94. The molecule has 1 amide bonds. The van der Waals surface area contributed by atoms with Crippen LogP contribution in [0.4, 0.5) is 17.2 Å². The third kappa shape index (κ3) is 4.62. The van der Waals surface area contributed by atoms with E-state index in [-0.39, 0.29) is 17.7 Å². The minimum atomic E-state index is -0.0351. The molecule has 0 atom stereocenters. The third-order valence-corrected chi connectivity index (χ3v) is 4.85. The Kier molecular flexibility index (Phi) is 5.90. The van der Waals surface area contributed by atoms with Gasteiger partial charge in [-0.05, 0) is 25.0 Å². The van der Waals surface area contributed by atoms with Crippen LogP contribution in [0.5, 0.6) is 5.75 Å². The van der Waals surface area contributed by atoms with Crippen LogP contribution in [-0.2, 0) is 4.79 Å². The first kappa shape index (κ1) is 21.1. The number of carbonyl (C=O) groups is 1. The summed E-state index contributed by atoms with van der Waals surface area (Å²) in [5, 5.41) is 15.4. The number of hydrogen-bond acceptors (Lipinski definition) is 9. The summed E-state index contributed by atoms with van der Waals surface area (Å²) in [6.45, 7) is 0. The van der Waals surface area contributed by atoms with E-state index in [9.17, 15) is 4.79 Å². The molecule has 6 N–H and O–H groups in total. The van der Waals surface area contributed by atoms with Crippen molar-refractivity contribution in [3.63, 3.8) is 0 Å². The largest absolute Gasteiger partial charge is 0.494 e. The molecule has 0 bridgehead atoms. The van der Waals surface area contributed by atoms with E-state index in [1.165, 1.54) is 13.4 Å². The number of anilines is 3. The highest BCUT2D eigenvalue weighted by Gasteiger charge is 2.30. The van der Waals surface area contributed by atoms with Gasteiger partial charge in [-0.15, -0.1) is 5.10 Å². The molecule has 11 nitrogen and oxygen atoms in total. The minimum Gasteiger partial charge on any atom is -0.494 e. The SMILES string of the molecule is COc1c(Nc2cc(NC(=O)C3CC3)ncc2-c2ccon2)cccc1/C(N)=N/N(C)N. The molecule has 1 fully saturated rings. The highest BCUT2D eigenvalue weighted by molar-refractivity contribution is 6.02. The molecule has 166 valence electrons. The van der Waals surface area contributed by atoms with Crippen LogP contribution >= 0.6 is 0 Å². The number of nitrogens with two attached hydrogens (primary N) is 2. The second-order valence-corrected chi connectivity index (χ2v) is 7.33. The molecule has 1 aliphatic rings. The van der Waals surface area contributed by atoms with Gasteiger partial charge in [0.1, 0.15) is 17.8 Å². The maximum atomic E-state index is 12.2. The van der Waals surface area contributed by atoms with Crippen molar-refractivity contribution in [1.82, 2.24) is 15.3 Å². The van der Waals surface area contributed by atoms with Crippen molar-refractivity contribution in [2.75, 3.05) is 24.8 Å². The van der Waals surface area contributed by atoms with Gasteiger partial charge in [0.05, 0.1) is 24.0 Å². The Morgan fingerprint density at radius 2 is 2.12 bits per heavy atom. The number of nitrogens with one attached hydrogen (secondary N) is 2. The Balaban J connectivity index is 1.73. The van der Waals surface area contributed by atoms with Crippen molar-refractivity contribution < 1.29 is 14.1 Å². The number of aromatic nitrogens is 2. The maximum Gasteiger partial charge on any atom is 0.228 e. The predicted octanol–water partition coefficient (Wildman–Crippen LogP) is 2.26. The topological polar surface area (TPSA) is 157 Å². The molecule has 0 spiro atoms. The molecule has 0 aliphatic heterocycles. The average molecular weight is 436 g/mol. The minimum absolute atomic E-state index is 0.0351. The number of pyridine rings is 1. The summed E-state index contributed by atoms with van der Waals surface area (Å²) in [6, 6.07) is 8.88. The molecule has 32 heavy (non-hydrogen) atoms. The molecule has 11 heteroatoms. The summed E-state index contributed by atoms with van der Waals surface area (Å²) in [5.74, 6) is 6.71. The third-order valence-electron chi connectivity index (χ3n) is 4.85. The lowest BCUT2D eigenvalue weighted by atomic mass is 10.1. The van der Waals surface area contributed by atoms with Crippen molar-refractivity contribution in [1.29, 1.82) is 0 Å². The van der Waals surface area contributed by atoms with Gasteiger partial charge in [0, 0.05) is 36.9 Å². The van der Waals surface area contributed by atoms with Gasteiger partial charge in [0.25, 0.3) is 0 Å². The number of benzene rings is 1. The van der Waals surface area contributed by atoms with Crippen molar-refractivity contribution in [3.8, 4) is 17.0 Å². The second-order valence-electron chi connectivity index (χ2n) is 7.33. The first-order valence-corrected chi connectivity index (χ1v) is 9.95. The van der Waals surface area contributed by atoms with Gasteiger partial charge in [-0.3, -0.25) is 4.79 Å². The fourth-order valence-electron chi connectivity index (χ4n) is 3.18. The van der Waals surface area contributed by atoms with Gasteiger partial charge < -0.3 is 25.6 Å². The van der Waals surface area contributed by atoms with Crippen LogP contribution in [0.3, 0.4) is 0 Å². The molecule has 0 saturated heterocycles. The number of amidine groups is 1. The van der Waals surface area contributed by atoms with Crippen molar-refractivity contribution in [2.45, 2.75) is 12.8 Å². The van der Waals surface area contributed by atoms with Gasteiger partial charge in [-0.25, -0.2) is 15.9 Å². The maximum absolute atomic E-state index is 12.2. The lowest BCUT2D eigenvalue weighted by Gasteiger charge is -2.17. The first-order chi connectivity index (χ1) is 15.5. The molecule has 3 aromatic rings. The molecule has 1 aliphatic carbocycles. The van der Waals surface area contributed by atoms with E-state index in [4.69, 9.17) is 20.8 Å². The zero-order chi connectivity index (χ0) is 22.7. The van der Waals surface area contributed by atoms with Crippen LogP contribution in [0, 0.1) is 5.92 Å². The number of hydrazine groups is 1. The van der Waals surface area contributed by atoms with Crippen LogP contribution in [0.1, 0.15) is 18.4 Å². The average Bonchev–Trinajstić information content (AvgIpc) is 3.48. The van der Waals surface area contributed by atoms with Crippen LogP contribution in [0.2, 0.25) is 0 Å². The fourth-order valence-corrected chi connectivity index (χ4v) is 3.18. The van der Waals surface area contributed by atoms with Gasteiger partial charge in [0.2, 0.25) is 5.91 Å². The van der Waals surface area contributed by atoms with E-state index in [1.54, 1.807) is 31.4 Å².